The first kappa shape index (κ1) is 33.6. The second kappa shape index (κ2) is 12.0. The topological polar surface area (TPSA) is 40.0 Å². The van der Waals surface area contributed by atoms with Crippen LogP contribution in [0, 0.1) is 5.92 Å². The van der Waals surface area contributed by atoms with Crippen LogP contribution in [0.5, 0.6) is 0 Å². The van der Waals surface area contributed by atoms with Crippen molar-refractivity contribution in [2.45, 2.75) is 81.8 Å². The zero-order chi connectivity index (χ0) is 38.2. The first-order chi connectivity index (χ1) is 27.7. The number of thiophene rings is 1. The second-order valence-corrected chi connectivity index (χ2v) is 19.4. The van der Waals surface area contributed by atoms with Crippen LogP contribution in [0.25, 0.3) is 25.9 Å². The van der Waals surface area contributed by atoms with E-state index in [0.717, 1.165) is 22.8 Å². The van der Waals surface area contributed by atoms with E-state index in [0.29, 0.717) is 17.8 Å². The van der Waals surface area contributed by atoms with Crippen molar-refractivity contribution < 1.29 is 0 Å². The van der Waals surface area contributed by atoms with E-state index in [9.17, 15) is 0 Å². The van der Waals surface area contributed by atoms with Crippen LogP contribution in [0.2, 0.25) is 0 Å². The minimum absolute atomic E-state index is 0.0820. The van der Waals surface area contributed by atoms with Crippen molar-refractivity contribution in [3.63, 3.8) is 0 Å². The lowest BCUT2D eigenvalue weighted by molar-refractivity contribution is 0.332. The molecule has 5 atom stereocenters. The zero-order valence-electron chi connectivity index (χ0n) is 33.0. The number of rotatable bonds is 4. The summed E-state index contributed by atoms with van der Waals surface area (Å²) in [5, 5.41) is 6.40. The molecule has 12 rings (SSSR count). The van der Waals surface area contributed by atoms with E-state index < -0.39 is 0 Å². The van der Waals surface area contributed by atoms with Gasteiger partial charge in [-0.05, 0) is 94.0 Å². The summed E-state index contributed by atoms with van der Waals surface area (Å²) in [6.45, 7) is 9.88. The van der Waals surface area contributed by atoms with Crippen LogP contribution in [-0.2, 0) is 10.8 Å². The smallest absolute Gasteiger partial charge is 0.169 e. The van der Waals surface area contributed by atoms with Crippen molar-refractivity contribution >= 4 is 54.6 Å². The summed E-state index contributed by atoms with van der Waals surface area (Å²) < 4.78 is 2.61. The van der Waals surface area contributed by atoms with Gasteiger partial charge in [0.15, 0.2) is 6.17 Å². The number of allylic oxidation sites excluding steroid dienone is 3. The molecule has 5 aromatic carbocycles. The highest BCUT2D eigenvalue weighted by Gasteiger charge is 2.50. The highest BCUT2D eigenvalue weighted by molar-refractivity contribution is 7.25. The van der Waals surface area contributed by atoms with Crippen molar-refractivity contribution in [3.8, 4) is 0 Å². The van der Waals surface area contributed by atoms with E-state index in [1.165, 1.54) is 78.6 Å². The Morgan fingerprint density at radius 3 is 2.39 bits per heavy atom. The Labute approximate surface area is 339 Å². The second-order valence-electron chi connectivity index (χ2n) is 18.3. The summed E-state index contributed by atoms with van der Waals surface area (Å²) >= 11 is 1.85. The van der Waals surface area contributed by atoms with Gasteiger partial charge in [0.1, 0.15) is 11.7 Å². The van der Waals surface area contributed by atoms with Gasteiger partial charge in [0.25, 0.3) is 0 Å². The molecule has 1 N–H and O–H groups in total. The predicted octanol–water partition coefficient (Wildman–Crippen LogP) is 12.5. The number of benzene rings is 5. The molecule has 1 aromatic heterocycles. The van der Waals surface area contributed by atoms with Crippen LogP contribution in [0.15, 0.2) is 143 Å². The lowest BCUT2D eigenvalue weighted by Crippen LogP contribution is -2.38. The van der Waals surface area contributed by atoms with Gasteiger partial charge >= 0.3 is 0 Å². The summed E-state index contributed by atoms with van der Waals surface area (Å²) in [4.78, 5) is 13.5. The first-order valence-electron chi connectivity index (χ1n) is 20.8. The Morgan fingerprint density at radius 2 is 1.49 bits per heavy atom. The molecule has 280 valence electrons. The van der Waals surface area contributed by atoms with Gasteiger partial charge in [0, 0.05) is 54.2 Å². The van der Waals surface area contributed by atoms with E-state index in [1.54, 1.807) is 5.56 Å². The maximum absolute atomic E-state index is 5.44. The molecule has 0 radical (unpaired) electrons. The lowest BCUT2D eigenvalue weighted by Gasteiger charge is -2.45. The summed E-state index contributed by atoms with van der Waals surface area (Å²) in [5.41, 5.74) is 13.8. The summed E-state index contributed by atoms with van der Waals surface area (Å²) in [6, 6.07) is 38.3. The standard InChI is InChI=1S/C52H46N4S/c1-51(2)25-26-52(3,4)46-40(51)23-22-35-33-15-8-10-19-41(33)56(47(35)46)42-29-32-28-38(32)45-36(42)17-12-18-37(45)50-54-48(30-13-6-5-7-14-30)53-49(55-50)31-21-24-44-39(27-31)34-16-9-11-20-43(34)57-44/h5-24,27,29,32-33,38,41,48H,25-26,28H2,1-4H3,(H,53,54,55). The van der Waals surface area contributed by atoms with Crippen LogP contribution in [0.4, 0.5) is 5.69 Å². The van der Waals surface area contributed by atoms with Crippen molar-refractivity contribution in [3.05, 3.63) is 178 Å². The molecule has 4 nitrogen and oxygen atoms in total. The predicted molar refractivity (Wildman–Crippen MR) is 239 cm³/mol. The molecule has 6 aliphatic rings. The number of amidine groups is 2. The molecule has 2 aliphatic heterocycles. The van der Waals surface area contributed by atoms with Crippen LogP contribution >= 0.6 is 11.3 Å². The molecule has 5 unspecified atom stereocenters. The van der Waals surface area contributed by atoms with Crippen molar-refractivity contribution in [1.82, 2.24) is 5.32 Å². The number of nitrogens with one attached hydrogen (secondary N) is 1. The summed E-state index contributed by atoms with van der Waals surface area (Å²) in [6.07, 6.45) is 15.3. The van der Waals surface area contributed by atoms with Crippen molar-refractivity contribution in [2.75, 3.05) is 4.90 Å². The van der Waals surface area contributed by atoms with E-state index in [4.69, 9.17) is 9.98 Å². The molecule has 0 bridgehead atoms. The van der Waals surface area contributed by atoms with Gasteiger partial charge in [-0.1, -0.05) is 137 Å². The minimum Gasteiger partial charge on any atom is -0.333 e. The van der Waals surface area contributed by atoms with Gasteiger partial charge < -0.3 is 10.2 Å². The molecule has 3 heterocycles. The Morgan fingerprint density at radius 1 is 0.719 bits per heavy atom. The third-order valence-corrected chi connectivity index (χ3v) is 15.1. The molecule has 5 heteroatoms. The molecule has 0 amide bonds. The van der Waals surface area contributed by atoms with Crippen molar-refractivity contribution in [2.24, 2.45) is 15.9 Å². The number of anilines is 1. The van der Waals surface area contributed by atoms with E-state index in [1.807, 2.05) is 11.3 Å². The zero-order valence-corrected chi connectivity index (χ0v) is 33.8. The van der Waals surface area contributed by atoms with Gasteiger partial charge in [-0.25, -0.2) is 9.98 Å². The SMILES string of the molecule is CC1(C)CCC(C)(C)c2c1ccc1c2N(C2=CC3CC3c3c2cccc3C2=NC(c3ccccc3)N=C(c3ccc4sc5ccccc5c4c3)N2)C2C=CC=CC12. The Balaban J connectivity index is 1.01. The molecule has 4 aliphatic carbocycles. The summed E-state index contributed by atoms with van der Waals surface area (Å²) in [5.74, 6) is 3.10. The first-order valence-corrected chi connectivity index (χ1v) is 21.6. The third-order valence-electron chi connectivity index (χ3n) is 14.0. The van der Waals surface area contributed by atoms with Crippen LogP contribution in [0.1, 0.15) is 109 Å². The molecule has 6 aromatic rings. The quantitative estimate of drug-likeness (QED) is 0.194. The Bertz CT molecular complexity index is 2850. The van der Waals surface area contributed by atoms with Gasteiger partial charge in [-0.15, -0.1) is 11.3 Å². The highest BCUT2D eigenvalue weighted by Crippen LogP contribution is 2.61. The normalized spacial score (nSPS) is 25.7. The summed E-state index contributed by atoms with van der Waals surface area (Å²) in [7, 11) is 0. The van der Waals surface area contributed by atoms with E-state index in [-0.39, 0.29) is 23.0 Å². The van der Waals surface area contributed by atoms with Crippen LogP contribution in [-0.4, -0.2) is 17.7 Å². The van der Waals surface area contributed by atoms with Crippen LogP contribution < -0.4 is 10.2 Å². The highest BCUT2D eigenvalue weighted by atomic mass is 32.1. The minimum atomic E-state index is -0.348. The fourth-order valence-electron chi connectivity index (χ4n) is 10.8. The maximum atomic E-state index is 5.44. The Kier molecular flexibility index (Phi) is 7.08. The molecule has 1 fully saturated rings. The molecule has 57 heavy (non-hydrogen) atoms. The number of fused-ring (bicyclic) bond motifs is 11. The van der Waals surface area contributed by atoms with Crippen LogP contribution in [0.3, 0.4) is 0 Å². The average molecular weight is 759 g/mol. The molecule has 0 saturated heterocycles. The van der Waals surface area contributed by atoms with Crippen molar-refractivity contribution in [1.29, 1.82) is 0 Å². The number of nitrogens with zero attached hydrogens (tertiary/aromatic N) is 3. The molecular weight excluding hydrogens is 713 g/mol. The van der Waals surface area contributed by atoms with Gasteiger partial charge in [0.2, 0.25) is 0 Å². The van der Waals surface area contributed by atoms with E-state index in [2.05, 4.69) is 171 Å². The lowest BCUT2D eigenvalue weighted by atomic mass is 9.62. The van der Waals surface area contributed by atoms with Gasteiger partial charge in [-0.3, -0.25) is 0 Å². The third kappa shape index (κ3) is 5.04. The molecular formula is C52H46N4S. The van der Waals surface area contributed by atoms with Gasteiger partial charge in [0.05, 0.1) is 6.04 Å². The average Bonchev–Trinajstić information content (AvgIpc) is 3.82. The van der Waals surface area contributed by atoms with Gasteiger partial charge in [-0.2, -0.15) is 0 Å². The van der Waals surface area contributed by atoms with E-state index >= 15 is 0 Å². The molecule has 1 saturated carbocycles. The fraction of sp³-hybridized carbons (Fsp3) is 0.269. The number of aliphatic imine (C=N–C) groups is 2. The largest absolute Gasteiger partial charge is 0.333 e. The fourth-order valence-corrected chi connectivity index (χ4v) is 11.9. The molecule has 0 spiro atoms. The number of hydrogen-bond donors (Lipinski definition) is 1. The maximum Gasteiger partial charge on any atom is 0.169 e. The Hall–Kier alpha value is -5.52. The number of hydrogen-bond acceptors (Lipinski definition) is 5. The monoisotopic (exact) mass is 758 g/mol.